The Bertz CT molecular complexity index is 977. The molecule has 0 radical (unpaired) electrons. The minimum absolute atomic E-state index is 0.0336. The number of sulfonamides is 1. The second-order valence-electron chi connectivity index (χ2n) is 7.41. The van der Waals surface area contributed by atoms with E-state index in [0.29, 0.717) is 17.3 Å². The third kappa shape index (κ3) is 4.18. The van der Waals surface area contributed by atoms with Crippen molar-refractivity contribution in [1.82, 2.24) is 14.9 Å². The van der Waals surface area contributed by atoms with Crippen LogP contribution in [0.5, 0.6) is 0 Å². The summed E-state index contributed by atoms with van der Waals surface area (Å²) in [5, 5.41) is 17.3. The summed E-state index contributed by atoms with van der Waals surface area (Å²) in [6.07, 6.45) is 0.694. The first-order valence-corrected chi connectivity index (χ1v) is 10.6. The van der Waals surface area contributed by atoms with Crippen molar-refractivity contribution in [1.29, 1.82) is 5.26 Å². The van der Waals surface area contributed by atoms with E-state index >= 15 is 0 Å². The molecule has 0 saturated carbocycles. The van der Waals surface area contributed by atoms with Crippen LogP contribution in [0.1, 0.15) is 20.3 Å². The van der Waals surface area contributed by atoms with Crippen LogP contribution in [0, 0.1) is 29.0 Å². The quantitative estimate of drug-likeness (QED) is 0.662. The van der Waals surface area contributed by atoms with Crippen molar-refractivity contribution in [3.63, 3.8) is 0 Å². The first kappa shape index (κ1) is 21.0. The van der Waals surface area contributed by atoms with E-state index in [-0.39, 0.29) is 29.6 Å². The van der Waals surface area contributed by atoms with Crippen molar-refractivity contribution in [2.75, 3.05) is 18.4 Å². The molecule has 2 aliphatic heterocycles. The van der Waals surface area contributed by atoms with E-state index in [0.717, 1.165) is 18.2 Å². The lowest BCUT2D eigenvalue weighted by Crippen LogP contribution is -2.57. The number of carbonyl (C=O) groups is 2. The van der Waals surface area contributed by atoms with Crippen LogP contribution in [0.15, 0.2) is 23.1 Å². The Balaban J connectivity index is 1.69. The van der Waals surface area contributed by atoms with Gasteiger partial charge in [0.2, 0.25) is 5.91 Å². The first-order chi connectivity index (χ1) is 13.6. The largest absolute Gasteiger partial charge is 0.350 e. The van der Waals surface area contributed by atoms with Crippen molar-refractivity contribution < 1.29 is 22.4 Å². The van der Waals surface area contributed by atoms with Gasteiger partial charge in [-0.15, -0.1) is 0 Å². The predicted octanol–water partition coefficient (Wildman–Crippen LogP) is 1.00. The Labute approximate surface area is 168 Å². The number of fused-ring (bicyclic) bond motifs is 1. The molecule has 29 heavy (non-hydrogen) atoms. The summed E-state index contributed by atoms with van der Waals surface area (Å²) in [6, 6.07) is 3.79. The zero-order chi connectivity index (χ0) is 21.3. The van der Waals surface area contributed by atoms with Crippen LogP contribution in [0.3, 0.4) is 0 Å². The monoisotopic (exact) mass is 423 g/mol. The highest BCUT2D eigenvalue weighted by molar-refractivity contribution is 7.90. The molecule has 9 nitrogen and oxygen atoms in total. The molecule has 3 rings (SSSR count). The maximum absolute atomic E-state index is 13.5. The van der Waals surface area contributed by atoms with E-state index in [4.69, 9.17) is 5.26 Å². The fourth-order valence-corrected chi connectivity index (χ4v) is 5.27. The molecule has 0 bridgehead atoms. The standard InChI is InChI=1S/C18H22FN5O4S/c1-10-5-12(7-20)8-21-17(10)11(2)22-16(25)9-24-18(26)23-14-4-3-13(19)6-15(14)29(24,27)28/h3-4,6,10-12,17,21H,5,8-9H2,1-2H3,(H,22,25)(H,23,26)/t10?,11-,12?,17?/m0/s1. The van der Waals surface area contributed by atoms with Crippen molar-refractivity contribution >= 4 is 27.6 Å². The normalized spacial score (nSPS) is 26.6. The van der Waals surface area contributed by atoms with Gasteiger partial charge < -0.3 is 16.0 Å². The summed E-state index contributed by atoms with van der Waals surface area (Å²) in [5.74, 6) is -1.39. The molecule has 1 fully saturated rings. The molecule has 3 N–H and O–H groups in total. The van der Waals surface area contributed by atoms with E-state index in [1.807, 2.05) is 6.92 Å². The summed E-state index contributed by atoms with van der Waals surface area (Å²) in [6.45, 7) is 3.53. The van der Waals surface area contributed by atoms with Gasteiger partial charge in [-0.2, -0.15) is 5.26 Å². The van der Waals surface area contributed by atoms with Crippen LogP contribution in [0.25, 0.3) is 0 Å². The average molecular weight is 423 g/mol. The van der Waals surface area contributed by atoms with E-state index < -0.39 is 39.2 Å². The molecule has 4 atom stereocenters. The van der Waals surface area contributed by atoms with Gasteiger partial charge in [0.25, 0.3) is 10.0 Å². The third-order valence-corrected chi connectivity index (χ3v) is 7.02. The molecule has 3 unspecified atom stereocenters. The molecular weight excluding hydrogens is 401 g/mol. The van der Waals surface area contributed by atoms with Gasteiger partial charge in [0.15, 0.2) is 0 Å². The van der Waals surface area contributed by atoms with Crippen molar-refractivity contribution in [3.05, 3.63) is 24.0 Å². The maximum Gasteiger partial charge on any atom is 0.336 e. The van der Waals surface area contributed by atoms with Gasteiger partial charge in [0, 0.05) is 18.6 Å². The van der Waals surface area contributed by atoms with Crippen LogP contribution < -0.4 is 16.0 Å². The van der Waals surface area contributed by atoms with Crippen LogP contribution in [-0.4, -0.2) is 49.8 Å². The van der Waals surface area contributed by atoms with Gasteiger partial charge >= 0.3 is 6.03 Å². The van der Waals surface area contributed by atoms with Gasteiger partial charge in [-0.25, -0.2) is 21.9 Å². The summed E-state index contributed by atoms with van der Waals surface area (Å²) in [5.41, 5.74) is -0.0336. The van der Waals surface area contributed by atoms with Gasteiger partial charge in [0.1, 0.15) is 17.3 Å². The Morgan fingerprint density at radius 2 is 2.21 bits per heavy atom. The minimum Gasteiger partial charge on any atom is -0.350 e. The maximum atomic E-state index is 13.5. The third-order valence-electron chi connectivity index (χ3n) is 5.25. The SMILES string of the molecule is CC1CC(C#N)CNC1[C@H](C)NC(=O)CN1C(=O)Nc2ccc(F)cc2S1(=O)=O. The average Bonchev–Trinajstić information content (AvgIpc) is 2.65. The summed E-state index contributed by atoms with van der Waals surface area (Å²) < 4.78 is 39.3. The lowest BCUT2D eigenvalue weighted by molar-refractivity contribution is -0.121. The van der Waals surface area contributed by atoms with Gasteiger partial charge in [-0.05, 0) is 37.5 Å². The van der Waals surface area contributed by atoms with Crippen LogP contribution in [0.4, 0.5) is 14.9 Å². The Morgan fingerprint density at radius 3 is 2.86 bits per heavy atom. The Kier molecular flexibility index (Phi) is 5.77. The highest BCUT2D eigenvalue weighted by Gasteiger charge is 2.39. The van der Waals surface area contributed by atoms with Crippen molar-refractivity contribution in [2.45, 2.75) is 37.2 Å². The number of benzene rings is 1. The van der Waals surface area contributed by atoms with E-state index in [1.165, 1.54) is 0 Å². The number of piperidine rings is 1. The molecule has 11 heteroatoms. The molecule has 0 aromatic heterocycles. The molecule has 1 aromatic rings. The van der Waals surface area contributed by atoms with Crippen LogP contribution >= 0.6 is 0 Å². The molecule has 156 valence electrons. The molecule has 2 heterocycles. The number of nitrogens with one attached hydrogen (secondary N) is 3. The molecular formula is C18H22FN5O4S. The van der Waals surface area contributed by atoms with Gasteiger partial charge in [-0.1, -0.05) is 6.92 Å². The van der Waals surface area contributed by atoms with Crippen LogP contribution in [-0.2, 0) is 14.8 Å². The molecule has 1 saturated heterocycles. The zero-order valence-corrected chi connectivity index (χ0v) is 16.8. The van der Waals surface area contributed by atoms with E-state index in [9.17, 15) is 22.4 Å². The highest BCUT2D eigenvalue weighted by Crippen LogP contribution is 2.30. The topological polar surface area (TPSA) is 131 Å². The fourth-order valence-electron chi connectivity index (χ4n) is 3.82. The number of carbonyl (C=O) groups excluding carboxylic acids is 2. The smallest absolute Gasteiger partial charge is 0.336 e. The number of amides is 3. The lowest BCUT2D eigenvalue weighted by atomic mass is 9.83. The van der Waals surface area contributed by atoms with Crippen LogP contribution in [0.2, 0.25) is 0 Å². The van der Waals surface area contributed by atoms with E-state index in [2.05, 4.69) is 22.0 Å². The molecule has 0 aliphatic carbocycles. The Morgan fingerprint density at radius 1 is 1.48 bits per heavy atom. The molecule has 0 spiro atoms. The number of anilines is 1. The van der Waals surface area contributed by atoms with E-state index in [1.54, 1.807) is 6.92 Å². The summed E-state index contributed by atoms with van der Waals surface area (Å²) >= 11 is 0. The number of hydrogen-bond donors (Lipinski definition) is 3. The number of halogens is 1. The minimum atomic E-state index is -4.36. The zero-order valence-electron chi connectivity index (χ0n) is 16.0. The number of nitriles is 1. The summed E-state index contributed by atoms with van der Waals surface area (Å²) in [4.78, 5) is 24.3. The number of nitrogens with zero attached hydrogens (tertiary/aromatic N) is 2. The van der Waals surface area contributed by atoms with Gasteiger partial charge in [-0.3, -0.25) is 4.79 Å². The second-order valence-corrected chi connectivity index (χ2v) is 9.24. The number of rotatable bonds is 4. The number of hydrogen-bond acceptors (Lipinski definition) is 6. The molecule has 3 amide bonds. The van der Waals surface area contributed by atoms with Crippen molar-refractivity contribution in [3.8, 4) is 6.07 Å². The highest BCUT2D eigenvalue weighted by atomic mass is 32.2. The molecule has 2 aliphatic rings. The first-order valence-electron chi connectivity index (χ1n) is 9.19. The second kappa shape index (κ2) is 7.96. The Hall–Kier alpha value is -2.71. The number of urea groups is 1. The van der Waals surface area contributed by atoms with Gasteiger partial charge in [0.05, 0.1) is 17.7 Å². The lowest BCUT2D eigenvalue weighted by Gasteiger charge is -2.37. The van der Waals surface area contributed by atoms with Crippen molar-refractivity contribution in [2.24, 2.45) is 11.8 Å². The summed E-state index contributed by atoms with van der Waals surface area (Å²) in [7, 11) is -4.36. The fraction of sp³-hybridized carbons (Fsp3) is 0.500. The predicted molar refractivity (Wildman–Crippen MR) is 102 cm³/mol. The molecule has 1 aromatic carbocycles.